The van der Waals surface area contributed by atoms with Crippen LogP contribution in [0.15, 0.2) is 36.4 Å². The van der Waals surface area contributed by atoms with Gasteiger partial charge in [0.2, 0.25) is 0 Å². The summed E-state index contributed by atoms with van der Waals surface area (Å²) in [7, 11) is 0. The maximum absolute atomic E-state index is 13.1. The summed E-state index contributed by atoms with van der Waals surface area (Å²) >= 11 is 4.98. The van der Waals surface area contributed by atoms with Crippen molar-refractivity contribution in [3.63, 3.8) is 0 Å². The average Bonchev–Trinajstić information content (AvgIpc) is 2.36. The molecule has 0 aliphatic rings. The van der Waals surface area contributed by atoms with Crippen LogP contribution in [0.1, 0.15) is 11.1 Å². The number of nitrogens with one attached hydrogen (secondary N) is 1. The molecule has 2 aromatic rings. The number of thiocarbonyl (C=S) groups is 1. The SMILES string of the molecule is Cc1ccc(Nc2ccc(F)c(F)c2)c(C(N)=S)c1. The Morgan fingerprint density at radius 1 is 1.11 bits per heavy atom. The third kappa shape index (κ3) is 3.06. The molecular weight excluding hydrogens is 266 g/mol. The van der Waals surface area contributed by atoms with E-state index in [9.17, 15) is 8.78 Å². The van der Waals surface area contributed by atoms with Crippen LogP contribution in [0.25, 0.3) is 0 Å². The summed E-state index contributed by atoms with van der Waals surface area (Å²) in [6.07, 6.45) is 0. The Morgan fingerprint density at radius 3 is 2.47 bits per heavy atom. The van der Waals surface area contributed by atoms with E-state index in [0.717, 1.165) is 17.7 Å². The summed E-state index contributed by atoms with van der Waals surface area (Å²) in [5.41, 5.74) is 8.41. The van der Waals surface area contributed by atoms with Crippen LogP contribution in [0.4, 0.5) is 20.2 Å². The van der Waals surface area contributed by atoms with Crippen molar-refractivity contribution < 1.29 is 8.78 Å². The first-order chi connectivity index (χ1) is 8.97. The molecule has 0 unspecified atom stereocenters. The summed E-state index contributed by atoms with van der Waals surface area (Å²) < 4.78 is 26.0. The van der Waals surface area contributed by atoms with Crippen LogP contribution >= 0.6 is 12.2 Å². The molecule has 0 aliphatic heterocycles. The second-order valence-corrected chi connectivity index (χ2v) is 4.61. The molecule has 0 bridgehead atoms. The summed E-state index contributed by atoms with van der Waals surface area (Å²) in [6.45, 7) is 1.92. The zero-order chi connectivity index (χ0) is 14.0. The lowest BCUT2D eigenvalue weighted by Gasteiger charge is -2.12. The molecule has 19 heavy (non-hydrogen) atoms. The molecule has 98 valence electrons. The first-order valence-corrected chi connectivity index (χ1v) is 6.01. The van der Waals surface area contributed by atoms with Gasteiger partial charge in [0, 0.05) is 23.0 Å². The zero-order valence-corrected chi connectivity index (χ0v) is 11.0. The molecule has 0 heterocycles. The summed E-state index contributed by atoms with van der Waals surface area (Å²) in [5, 5.41) is 2.97. The Hall–Kier alpha value is -2.01. The van der Waals surface area contributed by atoms with E-state index in [4.69, 9.17) is 18.0 Å². The maximum atomic E-state index is 13.1. The van der Waals surface area contributed by atoms with Gasteiger partial charge >= 0.3 is 0 Å². The second kappa shape index (κ2) is 5.32. The Labute approximate surface area is 115 Å². The number of rotatable bonds is 3. The van der Waals surface area contributed by atoms with Gasteiger partial charge in [0.15, 0.2) is 11.6 Å². The van der Waals surface area contributed by atoms with Gasteiger partial charge in [0.05, 0.1) is 0 Å². The lowest BCUT2D eigenvalue weighted by molar-refractivity contribution is 0.509. The number of hydrogen-bond donors (Lipinski definition) is 2. The van der Waals surface area contributed by atoms with Crippen molar-refractivity contribution in [2.24, 2.45) is 5.73 Å². The van der Waals surface area contributed by atoms with Crippen molar-refractivity contribution in [3.05, 3.63) is 59.2 Å². The Morgan fingerprint density at radius 2 is 1.84 bits per heavy atom. The zero-order valence-electron chi connectivity index (χ0n) is 10.2. The van der Waals surface area contributed by atoms with Crippen molar-refractivity contribution >= 4 is 28.6 Å². The minimum Gasteiger partial charge on any atom is -0.389 e. The molecule has 5 heteroatoms. The standard InChI is InChI=1S/C14H12F2N2S/c1-8-2-5-13(10(6-8)14(17)19)18-9-3-4-11(15)12(16)7-9/h2-7,18H,1H3,(H2,17,19). The topological polar surface area (TPSA) is 38.0 Å². The highest BCUT2D eigenvalue weighted by Crippen LogP contribution is 2.23. The van der Waals surface area contributed by atoms with Crippen LogP contribution in [0, 0.1) is 18.6 Å². The number of hydrogen-bond acceptors (Lipinski definition) is 2. The fourth-order valence-corrected chi connectivity index (χ4v) is 1.87. The lowest BCUT2D eigenvalue weighted by atomic mass is 10.1. The third-order valence-corrected chi connectivity index (χ3v) is 2.86. The lowest BCUT2D eigenvalue weighted by Crippen LogP contribution is -2.12. The van der Waals surface area contributed by atoms with Crippen LogP contribution in [-0.2, 0) is 0 Å². The first kappa shape index (κ1) is 13.4. The number of nitrogens with two attached hydrogens (primary N) is 1. The molecule has 0 amide bonds. The predicted molar refractivity (Wildman–Crippen MR) is 76.7 cm³/mol. The van der Waals surface area contributed by atoms with Gasteiger partial charge < -0.3 is 11.1 Å². The van der Waals surface area contributed by atoms with Gasteiger partial charge in [-0.1, -0.05) is 23.8 Å². The van der Waals surface area contributed by atoms with E-state index in [1.165, 1.54) is 6.07 Å². The molecule has 0 saturated heterocycles. The fraction of sp³-hybridized carbons (Fsp3) is 0.0714. The van der Waals surface area contributed by atoms with E-state index in [1.807, 2.05) is 19.1 Å². The molecule has 0 spiro atoms. The van der Waals surface area contributed by atoms with Crippen molar-refractivity contribution in [2.45, 2.75) is 6.92 Å². The monoisotopic (exact) mass is 278 g/mol. The number of benzene rings is 2. The van der Waals surface area contributed by atoms with Crippen LogP contribution in [-0.4, -0.2) is 4.99 Å². The Balaban J connectivity index is 2.37. The smallest absolute Gasteiger partial charge is 0.160 e. The van der Waals surface area contributed by atoms with Gasteiger partial charge in [0.25, 0.3) is 0 Å². The van der Waals surface area contributed by atoms with Gasteiger partial charge in [-0.2, -0.15) is 0 Å². The molecule has 2 aromatic carbocycles. The quantitative estimate of drug-likeness (QED) is 0.842. The highest BCUT2D eigenvalue weighted by molar-refractivity contribution is 7.80. The van der Waals surface area contributed by atoms with Crippen molar-refractivity contribution in [1.82, 2.24) is 0 Å². The van der Waals surface area contributed by atoms with Gasteiger partial charge in [-0.25, -0.2) is 8.78 Å². The van der Waals surface area contributed by atoms with E-state index in [1.54, 1.807) is 6.07 Å². The second-order valence-electron chi connectivity index (χ2n) is 4.17. The minimum absolute atomic E-state index is 0.244. The average molecular weight is 278 g/mol. The minimum atomic E-state index is -0.908. The van der Waals surface area contributed by atoms with E-state index in [2.05, 4.69) is 5.32 Å². The van der Waals surface area contributed by atoms with Gasteiger partial charge in [-0.3, -0.25) is 0 Å². The number of anilines is 2. The Kier molecular flexibility index (Phi) is 3.76. The van der Waals surface area contributed by atoms with E-state index in [-0.39, 0.29) is 4.99 Å². The van der Waals surface area contributed by atoms with Crippen LogP contribution < -0.4 is 11.1 Å². The molecular formula is C14H12F2N2S. The van der Waals surface area contributed by atoms with Crippen molar-refractivity contribution in [2.75, 3.05) is 5.32 Å². The van der Waals surface area contributed by atoms with E-state index >= 15 is 0 Å². The molecule has 0 atom stereocenters. The van der Waals surface area contributed by atoms with Gasteiger partial charge in [0.1, 0.15) is 4.99 Å². The first-order valence-electron chi connectivity index (χ1n) is 5.60. The predicted octanol–water partition coefficient (Wildman–Crippen LogP) is 3.65. The normalized spacial score (nSPS) is 10.3. The molecule has 0 aromatic heterocycles. The van der Waals surface area contributed by atoms with Crippen LogP contribution in [0.2, 0.25) is 0 Å². The van der Waals surface area contributed by atoms with E-state index in [0.29, 0.717) is 16.9 Å². The molecule has 2 nitrogen and oxygen atoms in total. The largest absolute Gasteiger partial charge is 0.389 e. The molecule has 0 aliphatic carbocycles. The van der Waals surface area contributed by atoms with E-state index < -0.39 is 11.6 Å². The molecule has 3 N–H and O–H groups in total. The van der Waals surface area contributed by atoms with Crippen molar-refractivity contribution in [1.29, 1.82) is 0 Å². The van der Waals surface area contributed by atoms with Gasteiger partial charge in [-0.15, -0.1) is 0 Å². The third-order valence-electron chi connectivity index (χ3n) is 2.64. The number of halogens is 2. The Bertz CT molecular complexity index is 641. The van der Waals surface area contributed by atoms with Gasteiger partial charge in [-0.05, 0) is 31.2 Å². The summed E-state index contributed by atoms with van der Waals surface area (Å²) in [5.74, 6) is -1.79. The fourth-order valence-electron chi connectivity index (χ4n) is 1.70. The number of aryl methyl sites for hydroxylation is 1. The van der Waals surface area contributed by atoms with Crippen LogP contribution in [0.3, 0.4) is 0 Å². The van der Waals surface area contributed by atoms with Crippen molar-refractivity contribution in [3.8, 4) is 0 Å². The highest BCUT2D eigenvalue weighted by atomic mass is 32.1. The molecule has 0 fully saturated rings. The molecule has 0 radical (unpaired) electrons. The summed E-state index contributed by atoms with van der Waals surface area (Å²) in [4.78, 5) is 0.244. The summed E-state index contributed by atoms with van der Waals surface area (Å²) in [6, 6.07) is 9.10. The molecule has 0 saturated carbocycles. The molecule has 2 rings (SSSR count). The van der Waals surface area contributed by atoms with Crippen LogP contribution in [0.5, 0.6) is 0 Å². The maximum Gasteiger partial charge on any atom is 0.160 e. The highest BCUT2D eigenvalue weighted by Gasteiger charge is 2.08.